The predicted molar refractivity (Wildman–Crippen MR) is 68.2 cm³/mol. The van der Waals surface area contributed by atoms with Crippen LogP contribution in [0.25, 0.3) is 0 Å². The van der Waals surface area contributed by atoms with Crippen LogP contribution in [-0.2, 0) is 25.0 Å². The van der Waals surface area contributed by atoms with Gasteiger partial charge >= 0.3 is 0 Å². The highest BCUT2D eigenvalue weighted by Gasteiger charge is 2.00. The molecule has 0 aliphatic heterocycles. The quantitative estimate of drug-likeness (QED) is 0.631. The Morgan fingerprint density at radius 2 is 1.88 bits per heavy atom. The summed E-state index contributed by atoms with van der Waals surface area (Å²) in [6.07, 6.45) is 0. The first kappa shape index (κ1) is 11.9. The average Bonchev–Trinajstić information content (AvgIpc) is 2.67. The van der Waals surface area contributed by atoms with E-state index < -0.39 is 0 Å². The summed E-state index contributed by atoms with van der Waals surface area (Å²) < 4.78 is 2.15. The van der Waals surface area contributed by atoms with E-state index in [1.54, 1.807) is 0 Å². The van der Waals surface area contributed by atoms with E-state index in [1.807, 2.05) is 30.3 Å². The van der Waals surface area contributed by atoms with Crippen molar-refractivity contribution >= 4 is 0 Å². The molecule has 1 aromatic heterocycles. The van der Waals surface area contributed by atoms with Crippen molar-refractivity contribution in [1.82, 2.24) is 10.0 Å². The number of hydrogen-bond donors (Lipinski definition) is 1. The molecule has 1 aromatic carbocycles. The van der Waals surface area contributed by atoms with Crippen LogP contribution in [0.3, 0.4) is 0 Å². The zero-order chi connectivity index (χ0) is 12.1. The smallest absolute Gasteiger partial charge is 0.0933 e. The van der Waals surface area contributed by atoms with Crippen LogP contribution in [-0.4, -0.2) is 4.57 Å². The second-order valence-corrected chi connectivity index (χ2v) is 4.12. The molecular weight excluding hydrogens is 212 g/mol. The second kappa shape index (κ2) is 5.66. The lowest BCUT2D eigenvalue weighted by Crippen LogP contribution is -2.16. The topological polar surface area (TPSA) is 26.2 Å². The zero-order valence-corrected chi connectivity index (χ0v) is 10.3. The number of aromatic nitrogens is 1. The summed E-state index contributed by atoms with van der Waals surface area (Å²) in [6.45, 7) is 3.40. The maximum Gasteiger partial charge on any atom is 0.0933 e. The molecule has 0 aliphatic carbocycles. The van der Waals surface area contributed by atoms with Crippen molar-refractivity contribution in [2.45, 2.75) is 20.1 Å². The van der Waals surface area contributed by atoms with Crippen molar-refractivity contribution < 1.29 is 4.84 Å². The summed E-state index contributed by atoms with van der Waals surface area (Å²) in [5.41, 5.74) is 6.63. The van der Waals surface area contributed by atoms with Crippen molar-refractivity contribution in [1.29, 1.82) is 0 Å². The molecule has 0 unspecified atom stereocenters. The lowest BCUT2D eigenvalue weighted by molar-refractivity contribution is 0.0224. The van der Waals surface area contributed by atoms with Gasteiger partial charge in [-0.05, 0) is 24.6 Å². The first-order valence-corrected chi connectivity index (χ1v) is 5.77. The fraction of sp³-hybridized carbons (Fsp3) is 0.286. The van der Waals surface area contributed by atoms with Crippen molar-refractivity contribution in [2.24, 2.45) is 7.05 Å². The SMILES string of the molecule is Cc1ccc(CNOCc2ccccc2)n1C. The van der Waals surface area contributed by atoms with E-state index in [2.05, 4.69) is 36.2 Å². The minimum atomic E-state index is 0.588. The van der Waals surface area contributed by atoms with Crippen LogP contribution in [0.4, 0.5) is 0 Å². The number of hydrogen-bond acceptors (Lipinski definition) is 2. The number of nitrogens with zero attached hydrogens (tertiary/aromatic N) is 1. The third-order valence-corrected chi connectivity index (χ3v) is 2.91. The molecule has 3 nitrogen and oxygen atoms in total. The predicted octanol–water partition coefficient (Wildman–Crippen LogP) is 2.55. The number of hydroxylamine groups is 1. The van der Waals surface area contributed by atoms with E-state index in [1.165, 1.54) is 17.0 Å². The molecule has 0 fully saturated rings. The Morgan fingerprint density at radius 1 is 1.12 bits per heavy atom. The van der Waals surface area contributed by atoms with Gasteiger partial charge in [0.1, 0.15) is 0 Å². The molecule has 0 spiro atoms. The molecule has 17 heavy (non-hydrogen) atoms. The third-order valence-electron chi connectivity index (χ3n) is 2.91. The molecule has 0 saturated heterocycles. The molecular formula is C14H18N2O. The maximum atomic E-state index is 5.42. The van der Waals surface area contributed by atoms with E-state index >= 15 is 0 Å². The molecule has 0 amide bonds. The number of benzene rings is 1. The van der Waals surface area contributed by atoms with Crippen LogP contribution in [0.1, 0.15) is 17.0 Å². The third kappa shape index (κ3) is 3.19. The van der Waals surface area contributed by atoms with Gasteiger partial charge in [0.05, 0.1) is 13.2 Å². The van der Waals surface area contributed by atoms with Gasteiger partial charge in [-0.1, -0.05) is 30.3 Å². The molecule has 1 heterocycles. The highest BCUT2D eigenvalue weighted by atomic mass is 16.6. The first-order chi connectivity index (χ1) is 8.27. The molecule has 90 valence electrons. The summed E-state index contributed by atoms with van der Waals surface area (Å²) in [6, 6.07) is 14.3. The van der Waals surface area contributed by atoms with E-state index in [0.29, 0.717) is 6.61 Å². The zero-order valence-electron chi connectivity index (χ0n) is 10.3. The minimum absolute atomic E-state index is 0.588. The summed E-state index contributed by atoms with van der Waals surface area (Å²) in [5.74, 6) is 0. The van der Waals surface area contributed by atoms with Crippen LogP contribution in [0.2, 0.25) is 0 Å². The Labute approximate surface area is 102 Å². The first-order valence-electron chi connectivity index (χ1n) is 5.77. The van der Waals surface area contributed by atoms with Gasteiger partial charge in [-0.25, -0.2) is 0 Å². The monoisotopic (exact) mass is 230 g/mol. The van der Waals surface area contributed by atoms with Gasteiger partial charge in [0.25, 0.3) is 0 Å². The highest BCUT2D eigenvalue weighted by molar-refractivity contribution is 5.14. The maximum absolute atomic E-state index is 5.42. The van der Waals surface area contributed by atoms with Gasteiger partial charge in [0.15, 0.2) is 0 Å². The van der Waals surface area contributed by atoms with Crippen molar-refractivity contribution in [3.63, 3.8) is 0 Å². The van der Waals surface area contributed by atoms with Crippen molar-refractivity contribution in [2.75, 3.05) is 0 Å². The fourth-order valence-electron chi connectivity index (χ4n) is 1.68. The molecule has 0 radical (unpaired) electrons. The van der Waals surface area contributed by atoms with Gasteiger partial charge in [0, 0.05) is 18.4 Å². The summed E-state index contributed by atoms with van der Waals surface area (Å²) in [5, 5.41) is 0. The Balaban J connectivity index is 1.75. The molecule has 0 bridgehead atoms. The minimum Gasteiger partial charge on any atom is -0.351 e. The molecule has 0 aliphatic rings. The molecule has 0 atom stereocenters. The fourth-order valence-corrected chi connectivity index (χ4v) is 1.68. The molecule has 2 aromatic rings. The van der Waals surface area contributed by atoms with Crippen LogP contribution < -0.4 is 5.48 Å². The summed E-state index contributed by atoms with van der Waals surface area (Å²) in [7, 11) is 2.06. The Bertz CT molecular complexity index is 462. The molecule has 1 N–H and O–H groups in total. The summed E-state index contributed by atoms with van der Waals surface area (Å²) in [4.78, 5) is 5.42. The summed E-state index contributed by atoms with van der Waals surface area (Å²) >= 11 is 0. The number of aryl methyl sites for hydroxylation is 1. The average molecular weight is 230 g/mol. The van der Waals surface area contributed by atoms with Gasteiger partial charge in [0.2, 0.25) is 0 Å². The Hall–Kier alpha value is -1.58. The van der Waals surface area contributed by atoms with Crippen molar-refractivity contribution in [3.05, 3.63) is 59.4 Å². The normalized spacial score (nSPS) is 10.7. The van der Waals surface area contributed by atoms with Crippen LogP contribution in [0.15, 0.2) is 42.5 Å². The van der Waals surface area contributed by atoms with Crippen molar-refractivity contribution in [3.8, 4) is 0 Å². The largest absolute Gasteiger partial charge is 0.351 e. The lowest BCUT2D eigenvalue weighted by Gasteiger charge is -2.07. The molecule has 3 heteroatoms. The van der Waals surface area contributed by atoms with Crippen LogP contribution in [0.5, 0.6) is 0 Å². The number of nitrogens with one attached hydrogen (secondary N) is 1. The van der Waals surface area contributed by atoms with Crippen LogP contribution in [0, 0.1) is 6.92 Å². The van der Waals surface area contributed by atoms with Gasteiger partial charge in [-0.15, -0.1) is 0 Å². The van der Waals surface area contributed by atoms with Gasteiger partial charge < -0.3 is 4.57 Å². The van der Waals surface area contributed by atoms with E-state index in [-0.39, 0.29) is 0 Å². The van der Waals surface area contributed by atoms with E-state index in [9.17, 15) is 0 Å². The number of rotatable bonds is 5. The van der Waals surface area contributed by atoms with Crippen LogP contribution >= 0.6 is 0 Å². The highest BCUT2D eigenvalue weighted by Crippen LogP contribution is 2.05. The molecule has 0 saturated carbocycles. The molecule has 2 rings (SSSR count). The van der Waals surface area contributed by atoms with E-state index in [0.717, 1.165) is 6.54 Å². The second-order valence-electron chi connectivity index (χ2n) is 4.12. The van der Waals surface area contributed by atoms with Gasteiger partial charge in [-0.2, -0.15) is 5.48 Å². The van der Waals surface area contributed by atoms with Gasteiger partial charge in [-0.3, -0.25) is 4.84 Å². The Morgan fingerprint density at radius 3 is 2.53 bits per heavy atom. The lowest BCUT2D eigenvalue weighted by atomic mass is 10.2. The standard InChI is InChI=1S/C14H18N2O/c1-12-8-9-14(16(12)2)10-15-17-11-13-6-4-3-5-7-13/h3-9,15H,10-11H2,1-2H3. The Kier molecular flexibility index (Phi) is 3.96. The van der Waals surface area contributed by atoms with E-state index in [4.69, 9.17) is 4.84 Å².